The van der Waals surface area contributed by atoms with Gasteiger partial charge in [-0.2, -0.15) is 4.31 Å². The number of sulfonamides is 1. The summed E-state index contributed by atoms with van der Waals surface area (Å²) in [5, 5.41) is 4.88. The lowest BCUT2D eigenvalue weighted by molar-refractivity contribution is -0.122. The molecule has 30 heavy (non-hydrogen) atoms. The van der Waals surface area contributed by atoms with Crippen molar-refractivity contribution in [3.63, 3.8) is 0 Å². The molecule has 0 bridgehead atoms. The Morgan fingerprint density at radius 1 is 1.03 bits per heavy atom. The van der Waals surface area contributed by atoms with E-state index in [1.54, 1.807) is 18.2 Å². The molecular formula is C24H26N2O3S. The number of aryl methyl sites for hydroxylation is 1. The van der Waals surface area contributed by atoms with Gasteiger partial charge in [0, 0.05) is 7.05 Å². The second-order valence-corrected chi connectivity index (χ2v) is 10.1. The van der Waals surface area contributed by atoms with Gasteiger partial charge in [0.25, 0.3) is 0 Å². The molecule has 1 saturated carbocycles. The molecule has 1 atom stereocenters. The second kappa shape index (κ2) is 8.20. The van der Waals surface area contributed by atoms with Crippen molar-refractivity contribution in [2.75, 3.05) is 13.6 Å². The number of amides is 1. The third-order valence-electron chi connectivity index (χ3n) is 5.64. The van der Waals surface area contributed by atoms with Gasteiger partial charge < -0.3 is 5.32 Å². The van der Waals surface area contributed by atoms with Gasteiger partial charge in [-0.25, -0.2) is 8.42 Å². The van der Waals surface area contributed by atoms with Crippen molar-refractivity contribution >= 4 is 26.7 Å². The van der Waals surface area contributed by atoms with Crippen molar-refractivity contribution in [3.8, 4) is 0 Å². The fourth-order valence-electron chi connectivity index (χ4n) is 3.69. The molecule has 1 fully saturated rings. The SMILES string of the molecule is Cc1ccc(C(NC(=O)CN(C)S(=O)(=O)c2ccc3ccccc3c2)C2CC2)cc1. The van der Waals surface area contributed by atoms with Crippen LogP contribution in [0.3, 0.4) is 0 Å². The first-order chi connectivity index (χ1) is 14.3. The van der Waals surface area contributed by atoms with E-state index < -0.39 is 10.0 Å². The van der Waals surface area contributed by atoms with E-state index in [2.05, 4.69) is 5.32 Å². The van der Waals surface area contributed by atoms with Crippen LogP contribution in [0, 0.1) is 12.8 Å². The minimum absolute atomic E-state index is 0.0742. The predicted molar refractivity (Wildman–Crippen MR) is 119 cm³/mol. The molecule has 0 radical (unpaired) electrons. The fraction of sp³-hybridized carbons (Fsp3) is 0.292. The van der Waals surface area contributed by atoms with E-state index >= 15 is 0 Å². The minimum atomic E-state index is -3.76. The highest BCUT2D eigenvalue weighted by Gasteiger charge is 2.34. The maximum absolute atomic E-state index is 13.0. The molecule has 0 aromatic heterocycles. The Morgan fingerprint density at radius 2 is 1.70 bits per heavy atom. The van der Waals surface area contributed by atoms with Crippen molar-refractivity contribution in [2.24, 2.45) is 5.92 Å². The van der Waals surface area contributed by atoms with E-state index in [9.17, 15) is 13.2 Å². The highest BCUT2D eigenvalue weighted by atomic mass is 32.2. The zero-order valence-corrected chi connectivity index (χ0v) is 18.0. The fourth-order valence-corrected chi connectivity index (χ4v) is 4.85. The largest absolute Gasteiger partial charge is 0.348 e. The Morgan fingerprint density at radius 3 is 2.37 bits per heavy atom. The highest BCUT2D eigenvalue weighted by Crippen LogP contribution is 2.41. The van der Waals surface area contributed by atoms with E-state index in [1.807, 2.05) is 55.5 Å². The Hall–Kier alpha value is -2.70. The summed E-state index contributed by atoms with van der Waals surface area (Å²) >= 11 is 0. The molecule has 1 unspecified atom stereocenters. The van der Waals surface area contributed by atoms with Crippen LogP contribution in [0.25, 0.3) is 10.8 Å². The molecule has 6 heteroatoms. The van der Waals surface area contributed by atoms with E-state index in [1.165, 1.54) is 12.6 Å². The van der Waals surface area contributed by atoms with Gasteiger partial charge in [-0.1, -0.05) is 60.2 Å². The molecule has 0 heterocycles. The van der Waals surface area contributed by atoms with Gasteiger partial charge in [0.1, 0.15) is 0 Å². The zero-order valence-electron chi connectivity index (χ0n) is 17.2. The Bertz CT molecular complexity index is 1170. The molecule has 0 spiro atoms. The monoisotopic (exact) mass is 422 g/mol. The average molecular weight is 423 g/mol. The second-order valence-electron chi connectivity index (χ2n) is 8.06. The van der Waals surface area contributed by atoms with Gasteiger partial charge in [0.2, 0.25) is 15.9 Å². The number of fused-ring (bicyclic) bond motifs is 1. The Labute approximate surface area is 177 Å². The van der Waals surface area contributed by atoms with Crippen LogP contribution in [0.4, 0.5) is 0 Å². The molecule has 3 aromatic rings. The van der Waals surface area contributed by atoms with Crippen molar-refractivity contribution in [1.29, 1.82) is 0 Å². The first-order valence-electron chi connectivity index (χ1n) is 10.2. The molecule has 4 rings (SSSR count). The topological polar surface area (TPSA) is 66.5 Å². The minimum Gasteiger partial charge on any atom is -0.348 e. The summed E-state index contributed by atoms with van der Waals surface area (Å²) in [6, 6.07) is 20.7. The maximum atomic E-state index is 13.0. The molecule has 5 nitrogen and oxygen atoms in total. The van der Waals surface area contributed by atoms with E-state index in [-0.39, 0.29) is 23.4 Å². The number of carbonyl (C=O) groups excluding carboxylic acids is 1. The van der Waals surface area contributed by atoms with Crippen LogP contribution in [-0.2, 0) is 14.8 Å². The molecular weight excluding hydrogens is 396 g/mol. The zero-order chi connectivity index (χ0) is 21.3. The molecule has 1 aliphatic rings. The molecule has 0 saturated heterocycles. The first-order valence-corrected chi connectivity index (χ1v) is 11.6. The van der Waals surface area contributed by atoms with Crippen LogP contribution < -0.4 is 5.32 Å². The van der Waals surface area contributed by atoms with Crippen LogP contribution in [0.15, 0.2) is 71.6 Å². The maximum Gasteiger partial charge on any atom is 0.243 e. The lowest BCUT2D eigenvalue weighted by atomic mass is 10.0. The van der Waals surface area contributed by atoms with Crippen molar-refractivity contribution in [2.45, 2.75) is 30.7 Å². The third-order valence-corrected chi connectivity index (χ3v) is 7.44. The van der Waals surface area contributed by atoms with Gasteiger partial charge in [0.15, 0.2) is 0 Å². The molecule has 1 aliphatic carbocycles. The number of nitrogens with one attached hydrogen (secondary N) is 1. The standard InChI is InChI=1S/C24H26N2O3S/c1-17-7-9-19(10-8-17)24(20-11-12-20)25-23(27)16-26(2)30(28,29)22-14-13-18-5-3-4-6-21(18)15-22/h3-10,13-15,20,24H,11-12,16H2,1-2H3,(H,25,27). The van der Waals surface area contributed by atoms with Gasteiger partial charge in [0.05, 0.1) is 17.5 Å². The van der Waals surface area contributed by atoms with Crippen molar-refractivity contribution in [1.82, 2.24) is 9.62 Å². The smallest absolute Gasteiger partial charge is 0.243 e. The van der Waals surface area contributed by atoms with Crippen molar-refractivity contribution < 1.29 is 13.2 Å². The van der Waals surface area contributed by atoms with E-state index in [4.69, 9.17) is 0 Å². The quantitative estimate of drug-likeness (QED) is 0.625. The van der Waals surface area contributed by atoms with Crippen LogP contribution in [0.5, 0.6) is 0 Å². The average Bonchev–Trinajstić information content (AvgIpc) is 3.57. The number of hydrogen-bond donors (Lipinski definition) is 1. The van der Waals surface area contributed by atoms with Crippen LogP contribution in [0.2, 0.25) is 0 Å². The van der Waals surface area contributed by atoms with E-state index in [0.717, 1.165) is 33.5 Å². The van der Waals surface area contributed by atoms with Gasteiger partial charge in [-0.3, -0.25) is 4.79 Å². The summed E-state index contributed by atoms with van der Waals surface area (Å²) in [6.07, 6.45) is 2.15. The summed E-state index contributed by atoms with van der Waals surface area (Å²) in [6.45, 7) is 1.81. The normalized spacial score (nSPS) is 15.3. The number of benzene rings is 3. The lowest BCUT2D eigenvalue weighted by Gasteiger charge is -2.22. The number of carbonyl (C=O) groups is 1. The number of nitrogens with zero attached hydrogens (tertiary/aromatic N) is 1. The first kappa shape index (κ1) is 20.6. The van der Waals surface area contributed by atoms with Crippen LogP contribution >= 0.6 is 0 Å². The Kier molecular flexibility index (Phi) is 5.62. The van der Waals surface area contributed by atoms with Crippen molar-refractivity contribution in [3.05, 3.63) is 77.9 Å². The highest BCUT2D eigenvalue weighted by molar-refractivity contribution is 7.89. The van der Waals surface area contributed by atoms with Gasteiger partial charge in [-0.05, 0) is 54.2 Å². The summed E-state index contributed by atoms with van der Waals surface area (Å²) < 4.78 is 27.1. The van der Waals surface area contributed by atoms with Crippen LogP contribution in [0.1, 0.15) is 30.0 Å². The van der Waals surface area contributed by atoms with Crippen LogP contribution in [-0.4, -0.2) is 32.2 Å². The summed E-state index contributed by atoms with van der Waals surface area (Å²) in [4.78, 5) is 12.9. The lowest BCUT2D eigenvalue weighted by Crippen LogP contribution is -2.40. The molecule has 1 amide bonds. The van der Waals surface area contributed by atoms with Gasteiger partial charge >= 0.3 is 0 Å². The van der Waals surface area contributed by atoms with E-state index in [0.29, 0.717) is 5.92 Å². The molecule has 156 valence electrons. The van der Waals surface area contributed by atoms with Gasteiger partial charge in [-0.15, -0.1) is 0 Å². The Balaban J connectivity index is 1.48. The number of hydrogen-bond acceptors (Lipinski definition) is 3. The molecule has 3 aromatic carbocycles. The number of likely N-dealkylation sites (N-methyl/N-ethyl adjacent to an activating group) is 1. The summed E-state index contributed by atoms with van der Waals surface area (Å²) in [7, 11) is -2.32. The summed E-state index contributed by atoms with van der Waals surface area (Å²) in [5.74, 6) is 0.124. The molecule has 0 aliphatic heterocycles. The summed E-state index contributed by atoms with van der Waals surface area (Å²) in [5.41, 5.74) is 2.23. The predicted octanol–water partition coefficient (Wildman–Crippen LogP) is 4.04. The molecule has 1 N–H and O–H groups in total. The number of rotatable bonds is 7. The third kappa shape index (κ3) is 4.40.